The number of ether oxygens (including phenoxy) is 1. The summed E-state index contributed by atoms with van der Waals surface area (Å²) in [6, 6.07) is 5.81. The summed E-state index contributed by atoms with van der Waals surface area (Å²) in [6.45, 7) is 4.04. The lowest BCUT2D eigenvalue weighted by Crippen LogP contribution is -2.50. The van der Waals surface area contributed by atoms with Crippen LogP contribution in [0, 0.1) is 5.92 Å². The molecule has 0 radical (unpaired) electrons. The third-order valence-corrected chi connectivity index (χ3v) is 5.92. The molecule has 1 saturated heterocycles. The van der Waals surface area contributed by atoms with Crippen molar-refractivity contribution in [2.75, 3.05) is 44.8 Å². The predicted octanol–water partition coefficient (Wildman–Crippen LogP) is 2.05. The van der Waals surface area contributed by atoms with E-state index in [2.05, 4.69) is 22.0 Å². The largest absolute Gasteiger partial charge is 0.383 e. The third kappa shape index (κ3) is 4.19. The number of rotatable bonds is 5. The minimum Gasteiger partial charge on any atom is -0.383 e. The standard InChI is InChI=1S/C22H28N4O3/c1-29-14-13-26-16-23-20-15-18(7-8-19(20)22(26)28)24-9-11-25(12-10-24)21(27)17-5-3-2-4-6-17/h2-3,7-8,15-17H,4-6,9-14H2,1H3. The van der Waals surface area contributed by atoms with Gasteiger partial charge in [0.05, 0.1) is 30.4 Å². The number of amides is 1. The number of aromatic nitrogens is 2. The Morgan fingerprint density at radius 2 is 2.03 bits per heavy atom. The normalized spacial score (nSPS) is 19.7. The van der Waals surface area contributed by atoms with Crippen molar-refractivity contribution >= 4 is 22.5 Å². The average molecular weight is 396 g/mol. The molecular formula is C22H28N4O3. The molecule has 1 fully saturated rings. The molecule has 1 aromatic carbocycles. The average Bonchev–Trinajstić information content (AvgIpc) is 2.78. The van der Waals surface area contributed by atoms with Crippen LogP contribution >= 0.6 is 0 Å². The zero-order valence-electron chi connectivity index (χ0n) is 16.9. The Labute approximate surface area is 170 Å². The summed E-state index contributed by atoms with van der Waals surface area (Å²) in [5.41, 5.74) is 1.70. The van der Waals surface area contributed by atoms with E-state index in [0.717, 1.165) is 51.1 Å². The number of nitrogens with zero attached hydrogens (tertiary/aromatic N) is 4. The smallest absolute Gasteiger partial charge is 0.261 e. The molecule has 0 N–H and O–H groups in total. The topological polar surface area (TPSA) is 67.7 Å². The molecule has 4 rings (SSSR count). The summed E-state index contributed by atoms with van der Waals surface area (Å²) in [6.07, 6.45) is 8.73. The molecule has 0 spiro atoms. The summed E-state index contributed by atoms with van der Waals surface area (Å²) >= 11 is 0. The van der Waals surface area contributed by atoms with E-state index < -0.39 is 0 Å². The van der Waals surface area contributed by atoms with Crippen molar-refractivity contribution in [1.82, 2.24) is 14.5 Å². The van der Waals surface area contributed by atoms with Crippen LogP contribution in [0.3, 0.4) is 0 Å². The Kier molecular flexibility index (Phi) is 5.94. The van der Waals surface area contributed by atoms with E-state index in [1.165, 1.54) is 0 Å². The van der Waals surface area contributed by atoms with Crippen LogP contribution in [0.1, 0.15) is 19.3 Å². The number of anilines is 1. The molecule has 2 aliphatic rings. The third-order valence-electron chi connectivity index (χ3n) is 5.92. The first kappa shape index (κ1) is 19.6. The van der Waals surface area contributed by atoms with Crippen molar-refractivity contribution in [3.63, 3.8) is 0 Å². The van der Waals surface area contributed by atoms with E-state index in [4.69, 9.17) is 4.74 Å². The minimum atomic E-state index is -0.0458. The van der Waals surface area contributed by atoms with Gasteiger partial charge in [-0.15, -0.1) is 0 Å². The van der Waals surface area contributed by atoms with Crippen molar-refractivity contribution in [3.8, 4) is 0 Å². The molecule has 7 heteroatoms. The maximum atomic E-state index is 12.7. The van der Waals surface area contributed by atoms with E-state index in [1.54, 1.807) is 18.0 Å². The first-order valence-corrected chi connectivity index (χ1v) is 10.3. The number of fused-ring (bicyclic) bond motifs is 1. The molecule has 2 aromatic rings. The van der Waals surface area contributed by atoms with Crippen LogP contribution in [0.5, 0.6) is 0 Å². The van der Waals surface area contributed by atoms with Crippen LogP contribution in [-0.4, -0.2) is 60.3 Å². The van der Waals surface area contributed by atoms with Gasteiger partial charge in [0.2, 0.25) is 5.91 Å². The lowest BCUT2D eigenvalue weighted by Gasteiger charge is -2.37. The first-order valence-electron chi connectivity index (χ1n) is 10.3. The van der Waals surface area contributed by atoms with Gasteiger partial charge in [-0.25, -0.2) is 4.98 Å². The lowest BCUT2D eigenvalue weighted by atomic mass is 9.93. The van der Waals surface area contributed by atoms with Gasteiger partial charge in [-0.3, -0.25) is 14.2 Å². The quantitative estimate of drug-likeness (QED) is 0.724. The molecule has 154 valence electrons. The molecule has 1 amide bonds. The van der Waals surface area contributed by atoms with Crippen molar-refractivity contribution < 1.29 is 9.53 Å². The number of allylic oxidation sites excluding steroid dienone is 2. The molecule has 1 aliphatic heterocycles. The Balaban J connectivity index is 1.43. The highest BCUT2D eigenvalue weighted by molar-refractivity contribution is 5.82. The fraction of sp³-hybridized carbons (Fsp3) is 0.500. The van der Waals surface area contributed by atoms with E-state index in [1.807, 2.05) is 23.1 Å². The number of hydrogen-bond donors (Lipinski definition) is 0. The second-order valence-corrected chi connectivity index (χ2v) is 7.73. The molecule has 7 nitrogen and oxygen atoms in total. The molecule has 1 unspecified atom stereocenters. The number of hydrogen-bond acceptors (Lipinski definition) is 5. The number of carbonyl (C=O) groups is 1. The molecular weight excluding hydrogens is 368 g/mol. The Morgan fingerprint density at radius 1 is 1.21 bits per heavy atom. The maximum Gasteiger partial charge on any atom is 0.261 e. The fourth-order valence-electron chi connectivity index (χ4n) is 4.15. The van der Waals surface area contributed by atoms with Crippen molar-refractivity contribution in [1.29, 1.82) is 0 Å². The molecule has 1 aliphatic carbocycles. The number of piperazine rings is 1. The Morgan fingerprint density at radius 3 is 2.76 bits per heavy atom. The van der Waals surface area contributed by atoms with Crippen LogP contribution in [0.4, 0.5) is 5.69 Å². The summed E-state index contributed by atoms with van der Waals surface area (Å²) < 4.78 is 6.63. The zero-order chi connectivity index (χ0) is 20.2. The van der Waals surface area contributed by atoms with E-state index in [-0.39, 0.29) is 11.5 Å². The van der Waals surface area contributed by atoms with Gasteiger partial charge in [0.25, 0.3) is 5.56 Å². The first-order chi connectivity index (χ1) is 14.2. The second kappa shape index (κ2) is 8.78. The van der Waals surface area contributed by atoms with Gasteiger partial charge in [-0.1, -0.05) is 12.2 Å². The van der Waals surface area contributed by atoms with Gasteiger partial charge in [-0.05, 0) is 37.5 Å². The predicted molar refractivity (Wildman–Crippen MR) is 113 cm³/mol. The summed E-state index contributed by atoms with van der Waals surface area (Å²) in [5, 5.41) is 0.617. The lowest BCUT2D eigenvalue weighted by molar-refractivity contribution is -0.136. The summed E-state index contributed by atoms with van der Waals surface area (Å²) in [7, 11) is 1.62. The van der Waals surface area contributed by atoms with E-state index in [9.17, 15) is 9.59 Å². The van der Waals surface area contributed by atoms with Crippen molar-refractivity contribution in [3.05, 3.63) is 47.0 Å². The second-order valence-electron chi connectivity index (χ2n) is 7.73. The van der Waals surface area contributed by atoms with E-state index in [0.29, 0.717) is 30.0 Å². The monoisotopic (exact) mass is 396 g/mol. The molecule has 29 heavy (non-hydrogen) atoms. The highest BCUT2D eigenvalue weighted by Gasteiger charge is 2.27. The van der Waals surface area contributed by atoms with Crippen LogP contribution in [0.2, 0.25) is 0 Å². The molecule has 1 atom stereocenters. The minimum absolute atomic E-state index is 0.0458. The highest BCUT2D eigenvalue weighted by atomic mass is 16.5. The molecule has 0 bridgehead atoms. The molecule has 0 saturated carbocycles. The van der Waals surface area contributed by atoms with Crippen LogP contribution in [0.25, 0.3) is 10.9 Å². The number of benzene rings is 1. The van der Waals surface area contributed by atoms with Crippen molar-refractivity contribution in [2.24, 2.45) is 5.92 Å². The zero-order valence-corrected chi connectivity index (χ0v) is 16.9. The molecule has 2 heterocycles. The van der Waals surface area contributed by atoms with Crippen LogP contribution in [-0.2, 0) is 16.1 Å². The highest BCUT2D eigenvalue weighted by Crippen LogP contribution is 2.24. The molecule has 1 aromatic heterocycles. The van der Waals surface area contributed by atoms with Crippen LogP contribution < -0.4 is 10.5 Å². The van der Waals surface area contributed by atoms with Gasteiger partial charge in [0, 0.05) is 44.9 Å². The van der Waals surface area contributed by atoms with Gasteiger partial charge in [0.15, 0.2) is 0 Å². The van der Waals surface area contributed by atoms with Crippen molar-refractivity contribution in [2.45, 2.75) is 25.8 Å². The Hall–Kier alpha value is -2.67. The summed E-state index contributed by atoms with van der Waals surface area (Å²) in [5.74, 6) is 0.447. The fourth-order valence-corrected chi connectivity index (χ4v) is 4.15. The van der Waals surface area contributed by atoms with Gasteiger partial charge >= 0.3 is 0 Å². The van der Waals surface area contributed by atoms with Gasteiger partial charge < -0.3 is 14.5 Å². The number of carbonyl (C=O) groups excluding carboxylic acids is 1. The van der Waals surface area contributed by atoms with Crippen LogP contribution in [0.15, 0.2) is 41.5 Å². The van der Waals surface area contributed by atoms with Gasteiger partial charge in [0.1, 0.15) is 0 Å². The van der Waals surface area contributed by atoms with E-state index >= 15 is 0 Å². The Bertz CT molecular complexity index is 960. The maximum absolute atomic E-state index is 12.7. The van der Waals surface area contributed by atoms with Gasteiger partial charge in [-0.2, -0.15) is 0 Å². The SMILES string of the molecule is COCCn1cnc2cc(N3CCN(C(=O)C4CC=CCC4)CC3)ccc2c1=O. The summed E-state index contributed by atoms with van der Waals surface area (Å²) in [4.78, 5) is 34.1. The number of methoxy groups -OCH3 is 1.